The molecule has 3 aromatic rings. The molecule has 6 nitrogen and oxygen atoms in total. The first kappa shape index (κ1) is 23.4. The van der Waals surface area contributed by atoms with E-state index in [1.165, 1.54) is 0 Å². The molecule has 180 valence electrons. The average Bonchev–Trinajstić information content (AvgIpc) is 3.33. The lowest BCUT2D eigenvalue weighted by atomic mass is 9.95. The van der Waals surface area contributed by atoms with Crippen LogP contribution in [0.2, 0.25) is 10.0 Å². The predicted octanol–water partition coefficient (Wildman–Crippen LogP) is 6.82. The third-order valence-corrected chi connectivity index (χ3v) is 6.56. The molecule has 2 heterocycles. The minimum Gasteiger partial charge on any atom is -0.493 e. The van der Waals surface area contributed by atoms with Crippen LogP contribution < -0.4 is 18.9 Å². The summed E-state index contributed by atoms with van der Waals surface area (Å²) in [7, 11) is 3.23. The molecule has 0 saturated heterocycles. The molecule has 2 atom stereocenters. The molecule has 2 aliphatic heterocycles. The number of hydrogen-bond acceptors (Lipinski definition) is 6. The van der Waals surface area contributed by atoms with Crippen molar-refractivity contribution in [3.8, 4) is 23.0 Å². The number of methoxy groups -OCH3 is 2. The van der Waals surface area contributed by atoms with Gasteiger partial charge in [0.15, 0.2) is 11.5 Å². The second-order valence-corrected chi connectivity index (χ2v) is 9.00. The number of rotatable bonds is 7. The molecular formula is C27H24Cl2N2O4. The van der Waals surface area contributed by atoms with Gasteiger partial charge in [-0.15, -0.1) is 0 Å². The molecule has 2 aliphatic rings. The zero-order valence-electron chi connectivity index (χ0n) is 19.3. The van der Waals surface area contributed by atoms with Gasteiger partial charge in [-0.2, -0.15) is 5.10 Å². The van der Waals surface area contributed by atoms with Gasteiger partial charge >= 0.3 is 0 Å². The summed E-state index contributed by atoms with van der Waals surface area (Å²) in [6.07, 6.45) is 1.89. The lowest BCUT2D eigenvalue weighted by Crippen LogP contribution is -2.33. The van der Waals surface area contributed by atoms with Gasteiger partial charge in [0, 0.05) is 28.1 Å². The van der Waals surface area contributed by atoms with Gasteiger partial charge in [0.25, 0.3) is 0 Å². The Morgan fingerprint density at radius 1 is 1.06 bits per heavy atom. The van der Waals surface area contributed by atoms with E-state index < -0.39 is 6.23 Å². The first-order chi connectivity index (χ1) is 17.0. The van der Waals surface area contributed by atoms with Crippen LogP contribution in [0.4, 0.5) is 0 Å². The molecule has 0 saturated carbocycles. The van der Waals surface area contributed by atoms with E-state index in [0.29, 0.717) is 40.3 Å². The minimum atomic E-state index is -0.475. The van der Waals surface area contributed by atoms with Crippen molar-refractivity contribution in [1.29, 1.82) is 0 Å². The number of hydrazone groups is 1. The first-order valence-corrected chi connectivity index (χ1v) is 11.9. The Balaban J connectivity index is 1.55. The summed E-state index contributed by atoms with van der Waals surface area (Å²) < 4.78 is 23.0. The van der Waals surface area contributed by atoms with Crippen LogP contribution in [0.15, 0.2) is 72.4 Å². The highest BCUT2D eigenvalue weighted by Crippen LogP contribution is 2.51. The largest absolute Gasteiger partial charge is 0.493 e. The Hall–Kier alpha value is -3.35. The van der Waals surface area contributed by atoms with E-state index in [4.69, 9.17) is 47.3 Å². The van der Waals surface area contributed by atoms with Crippen LogP contribution in [0.25, 0.3) is 0 Å². The monoisotopic (exact) mass is 510 g/mol. The number of ether oxygens (including phenoxy) is 4. The van der Waals surface area contributed by atoms with Gasteiger partial charge < -0.3 is 18.9 Å². The van der Waals surface area contributed by atoms with Crippen LogP contribution in [0.3, 0.4) is 0 Å². The van der Waals surface area contributed by atoms with E-state index in [-0.39, 0.29) is 6.04 Å². The molecule has 0 radical (unpaired) electrons. The second-order valence-electron chi connectivity index (χ2n) is 8.16. The normalized spacial score (nSPS) is 18.2. The first-order valence-electron chi connectivity index (χ1n) is 11.1. The van der Waals surface area contributed by atoms with Crippen LogP contribution >= 0.6 is 23.2 Å². The average molecular weight is 511 g/mol. The zero-order chi connectivity index (χ0) is 24.5. The maximum Gasteiger partial charge on any atom is 0.213 e. The molecule has 35 heavy (non-hydrogen) atoms. The molecular weight excluding hydrogens is 487 g/mol. The minimum absolute atomic E-state index is 0.0975. The van der Waals surface area contributed by atoms with E-state index in [2.05, 4.69) is 6.58 Å². The molecule has 0 bridgehead atoms. The SMILES string of the molecule is C=CCOc1ccc([C@@H]2Oc3c(Cl)cc(Cl)cc3[C@@H]3CC(c4ccc(OC)c(OC)c4)=NN32)cc1. The lowest BCUT2D eigenvalue weighted by Gasteiger charge is -2.38. The number of benzene rings is 3. The van der Waals surface area contributed by atoms with E-state index in [1.54, 1.807) is 26.4 Å². The Bertz CT molecular complexity index is 1290. The summed E-state index contributed by atoms with van der Waals surface area (Å²) in [5.41, 5.74) is 3.68. The summed E-state index contributed by atoms with van der Waals surface area (Å²) in [6.45, 7) is 4.13. The van der Waals surface area contributed by atoms with Crippen molar-refractivity contribution in [2.24, 2.45) is 5.10 Å². The summed E-state index contributed by atoms with van der Waals surface area (Å²) in [5.74, 6) is 2.68. The van der Waals surface area contributed by atoms with Crippen LogP contribution in [0, 0.1) is 0 Å². The number of nitrogens with zero attached hydrogens (tertiary/aromatic N) is 2. The summed E-state index contributed by atoms with van der Waals surface area (Å²) in [5, 5.41) is 8.00. The Morgan fingerprint density at radius 3 is 2.54 bits per heavy atom. The maximum atomic E-state index is 6.57. The van der Waals surface area contributed by atoms with Crippen molar-refractivity contribution in [2.75, 3.05) is 20.8 Å². The number of fused-ring (bicyclic) bond motifs is 3. The van der Waals surface area contributed by atoms with Crippen molar-refractivity contribution in [3.05, 3.63) is 94.0 Å². The fourth-order valence-corrected chi connectivity index (χ4v) is 4.96. The molecule has 0 amide bonds. The summed E-state index contributed by atoms with van der Waals surface area (Å²) in [4.78, 5) is 0. The fraction of sp³-hybridized carbons (Fsp3) is 0.222. The second kappa shape index (κ2) is 9.72. The Morgan fingerprint density at radius 2 is 1.83 bits per heavy atom. The van der Waals surface area contributed by atoms with E-state index in [0.717, 1.165) is 28.2 Å². The van der Waals surface area contributed by atoms with Crippen LogP contribution in [-0.2, 0) is 0 Å². The van der Waals surface area contributed by atoms with E-state index in [9.17, 15) is 0 Å². The molecule has 0 aliphatic carbocycles. The van der Waals surface area contributed by atoms with Gasteiger partial charge in [-0.25, -0.2) is 5.01 Å². The van der Waals surface area contributed by atoms with E-state index in [1.807, 2.05) is 53.5 Å². The van der Waals surface area contributed by atoms with Gasteiger partial charge in [-0.3, -0.25) is 0 Å². The fourth-order valence-electron chi connectivity index (χ4n) is 4.41. The van der Waals surface area contributed by atoms with E-state index >= 15 is 0 Å². The molecule has 8 heteroatoms. The van der Waals surface area contributed by atoms with Gasteiger partial charge in [-0.05, 0) is 54.6 Å². The standard InChI is InChI=1S/C27H24Cl2N2O4/c1-4-11-34-19-8-5-16(6-9-19)27-31-23(20-13-18(28)14-21(29)26(20)35-27)15-22(30-31)17-7-10-24(32-2)25(12-17)33-3/h4-10,12-14,23,27H,1,11,15H2,2-3H3/t23-,27-/m0/s1. The third kappa shape index (κ3) is 4.40. The number of halogens is 2. The molecule has 0 N–H and O–H groups in total. The van der Waals surface area contributed by atoms with Gasteiger partial charge in [0.1, 0.15) is 18.1 Å². The van der Waals surface area contributed by atoms with Crippen molar-refractivity contribution in [1.82, 2.24) is 5.01 Å². The quantitative estimate of drug-likeness (QED) is 0.326. The van der Waals surface area contributed by atoms with Crippen LogP contribution in [-0.4, -0.2) is 31.5 Å². The highest BCUT2D eigenvalue weighted by Gasteiger charge is 2.42. The molecule has 0 unspecified atom stereocenters. The summed E-state index contributed by atoms with van der Waals surface area (Å²) in [6, 6.07) is 17.1. The zero-order valence-corrected chi connectivity index (χ0v) is 20.8. The van der Waals surface area contributed by atoms with Crippen LogP contribution in [0.1, 0.15) is 35.4 Å². The maximum absolute atomic E-state index is 6.57. The topological polar surface area (TPSA) is 52.5 Å². The molecule has 0 aromatic heterocycles. The third-order valence-electron chi connectivity index (χ3n) is 6.06. The molecule has 5 rings (SSSR count). The van der Waals surface area contributed by atoms with Gasteiger partial charge in [-0.1, -0.05) is 35.9 Å². The molecule has 3 aromatic carbocycles. The van der Waals surface area contributed by atoms with Crippen molar-refractivity contribution in [2.45, 2.75) is 18.7 Å². The Labute approximate surface area is 214 Å². The molecule has 0 spiro atoms. The number of hydrogen-bond donors (Lipinski definition) is 0. The van der Waals surface area contributed by atoms with Gasteiger partial charge in [0.05, 0.1) is 31.0 Å². The van der Waals surface area contributed by atoms with Crippen LogP contribution in [0.5, 0.6) is 23.0 Å². The van der Waals surface area contributed by atoms with Crippen molar-refractivity contribution >= 4 is 28.9 Å². The van der Waals surface area contributed by atoms with Crippen molar-refractivity contribution in [3.63, 3.8) is 0 Å². The highest BCUT2D eigenvalue weighted by molar-refractivity contribution is 6.35. The molecule has 0 fully saturated rings. The lowest BCUT2D eigenvalue weighted by molar-refractivity contribution is -0.0189. The smallest absolute Gasteiger partial charge is 0.213 e. The van der Waals surface area contributed by atoms with Crippen molar-refractivity contribution < 1.29 is 18.9 Å². The summed E-state index contributed by atoms with van der Waals surface area (Å²) >= 11 is 12.9. The highest BCUT2D eigenvalue weighted by atomic mass is 35.5. The Kier molecular flexibility index (Phi) is 6.50. The van der Waals surface area contributed by atoms with Gasteiger partial charge in [0.2, 0.25) is 6.23 Å². The predicted molar refractivity (Wildman–Crippen MR) is 137 cm³/mol.